The summed E-state index contributed by atoms with van der Waals surface area (Å²) < 4.78 is 32.0. The second kappa shape index (κ2) is 7.38. The zero-order valence-electron chi connectivity index (χ0n) is 11.5. The van der Waals surface area contributed by atoms with Crippen LogP contribution in [-0.4, -0.2) is 26.3 Å². The molecule has 0 saturated heterocycles. The molecule has 0 amide bonds. The highest BCUT2D eigenvalue weighted by molar-refractivity contribution is 7.85. The van der Waals surface area contributed by atoms with Crippen molar-refractivity contribution in [3.63, 3.8) is 0 Å². The number of aryl methyl sites for hydroxylation is 2. The zero-order valence-corrected chi connectivity index (χ0v) is 12.3. The number of benzene rings is 1. The van der Waals surface area contributed by atoms with E-state index in [4.69, 9.17) is 8.60 Å². The molecule has 0 aliphatic heterocycles. The lowest BCUT2D eigenvalue weighted by Crippen LogP contribution is -2.05. The monoisotopic (exact) mass is 311 g/mol. The van der Waals surface area contributed by atoms with Crippen molar-refractivity contribution in [1.29, 1.82) is 0 Å². The fraction of sp³-hybridized carbons (Fsp3) is 0.400. The minimum absolute atomic E-state index is 0. The van der Waals surface area contributed by atoms with Gasteiger partial charge in [-0.3, -0.25) is 4.18 Å². The number of nitrogens with zero attached hydrogens (tertiary/aromatic N) is 1. The van der Waals surface area contributed by atoms with Crippen molar-refractivity contribution in [2.24, 2.45) is 0 Å². The van der Waals surface area contributed by atoms with Crippen LogP contribution in [0, 0.1) is 6.92 Å². The first-order valence-electron chi connectivity index (χ1n) is 6.32. The molecule has 1 aromatic carbocycles. The van der Waals surface area contributed by atoms with Gasteiger partial charge in [0.05, 0.1) is 18.6 Å². The Morgan fingerprint density at radius 3 is 2.52 bits per heavy atom. The molecule has 2 rings (SSSR count). The maximum atomic E-state index is 10.8. The Hall–Kier alpha value is -1.66. The molecule has 0 saturated carbocycles. The Kier molecular flexibility index (Phi) is 6.11. The predicted octanol–water partition coefficient (Wildman–Crippen LogP) is 3.19. The fourth-order valence-corrected chi connectivity index (χ4v) is 2.23. The predicted molar refractivity (Wildman–Crippen MR) is 82.5 cm³/mol. The molecule has 21 heavy (non-hydrogen) atoms. The van der Waals surface area contributed by atoms with Crippen LogP contribution in [0.2, 0.25) is 0 Å². The number of oxazole rings is 1. The lowest BCUT2D eigenvalue weighted by molar-refractivity contribution is 0.315. The van der Waals surface area contributed by atoms with Gasteiger partial charge in [-0.15, -0.1) is 0 Å². The normalized spacial score (nSPS) is 11.1. The van der Waals surface area contributed by atoms with Gasteiger partial charge < -0.3 is 4.42 Å². The summed E-state index contributed by atoms with van der Waals surface area (Å²) in [7, 11) is -3.37. The Labute approximate surface area is 126 Å². The molecule has 0 atom stereocenters. The van der Waals surface area contributed by atoms with Gasteiger partial charge in [-0.25, -0.2) is 4.98 Å². The summed E-state index contributed by atoms with van der Waals surface area (Å²) in [4.78, 5) is 4.44. The Morgan fingerprint density at radius 1 is 1.24 bits per heavy atom. The van der Waals surface area contributed by atoms with E-state index in [0.717, 1.165) is 23.3 Å². The largest absolute Gasteiger partial charge is 0.441 e. The molecule has 2 aromatic rings. The Bertz CT molecular complexity index is 662. The van der Waals surface area contributed by atoms with Crippen molar-refractivity contribution in [2.75, 3.05) is 12.9 Å². The van der Waals surface area contributed by atoms with Crippen molar-refractivity contribution in [2.45, 2.75) is 27.2 Å². The minimum atomic E-state index is -3.37. The smallest absolute Gasteiger partial charge is 0.264 e. The van der Waals surface area contributed by atoms with E-state index >= 15 is 0 Å². The third-order valence-corrected chi connectivity index (χ3v) is 3.36. The van der Waals surface area contributed by atoms with E-state index in [1.807, 2.05) is 37.3 Å². The summed E-state index contributed by atoms with van der Waals surface area (Å²) in [6.45, 7) is 2.01. The topological polar surface area (TPSA) is 69.4 Å². The number of hydrogen-bond donors (Lipinski definition) is 0. The third kappa shape index (κ3) is 5.32. The van der Waals surface area contributed by atoms with Gasteiger partial charge in [-0.05, 0) is 31.9 Å². The molecule has 0 unspecified atom stereocenters. The van der Waals surface area contributed by atoms with Crippen LogP contribution in [0.5, 0.6) is 0 Å². The summed E-state index contributed by atoms with van der Waals surface area (Å²) >= 11 is 0. The van der Waals surface area contributed by atoms with Gasteiger partial charge in [-0.2, -0.15) is 8.42 Å². The standard InChI is InChI=1S/C14H17NO4S.CH4/c1-11-13(9-6-10-18-20(2,16)17)15-14(19-11)12-7-4-3-5-8-12;/h3-5,7-8H,6,9-10H2,1-2H3;1H4. The van der Waals surface area contributed by atoms with E-state index in [1.165, 1.54) is 0 Å². The molecule has 0 aliphatic rings. The quantitative estimate of drug-likeness (QED) is 0.605. The molecular weight excluding hydrogens is 290 g/mol. The van der Waals surface area contributed by atoms with Gasteiger partial charge >= 0.3 is 0 Å². The van der Waals surface area contributed by atoms with Crippen LogP contribution in [0.25, 0.3) is 11.5 Å². The Morgan fingerprint density at radius 2 is 1.90 bits per heavy atom. The lowest BCUT2D eigenvalue weighted by atomic mass is 10.2. The number of aromatic nitrogens is 1. The van der Waals surface area contributed by atoms with Crippen LogP contribution >= 0.6 is 0 Å². The summed E-state index contributed by atoms with van der Waals surface area (Å²) in [6.07, 6.45) is 2.24. The van der Waals surface area contributed by atoms with Crippen molar-refractivity contribution in [3.8, 4) is 11.5 Å². The highest BCUT2D eigenvalue weighted by atomic mass is 32.2. The fourth-order valence-electron chi connectivity index (χ4n) is 1.81. The van der Waals surface area contributed by atoms with Crippen LogP contribution < -0.4 is 0 Å². The summed E-state index contributed by atoms with van der Waals surface area (Å²) in [6, 6.07) is 9.65. The highest BCUT2D eigenvalue weighted by Crippen LogP contribution is 2.22. The van der Waals surface area contributed by atoms with Gasteiger partial charge in [-0.1, -0.05) is 25.6 Å². The molecule has 0 fully saturated rings. The van der Waals surface area contributed by atoms with Crippen molar-refractivity contribution < 1.29 is 17.0 Å². The summed E-state index contributed by atoms with van der Waals surface area (Å²) in [5, 5.41) is 0. The van der Waals surface area contributed by atoms with Crippen molar-refractivity contribution in [1.82, 2.24) is 4.98 Å². The van der Waals surface area contributed by atoms with Crippen LogP contribution in [0.3, 0.4) is 0 Å². The molecule has 116 valence electrons. The van der Waals surface area contributed by atoms with Crippen LogP contribution in [0.1, 0.15) is 25.3 Å². The van der Waals surface area contributed by atoms with Gasteiger partial charge in [0.1, 0.15) is 5.76 Å². The number of hydrogen-bond acceptors (Lipinski definition) is 5. The zero-order chi connectivity index (χ0) is 14.6. The SMILES string of the molecule is C.Cc1oc(-c2ccccc2)nc1CCCOS(C)(=O)=O. The lowest BCUT2D eigenvalue weighted by Gasteiger charge is -1.99. The third-order valence-electron chi connectivity index (χ3n) is 2.77. The first-order chi connectivity index (χ1) is 9.46. The van der Waals surface area contributed by atoms with Crippen LogP contribution in [-0.2, 0) is 20.7 Å². The summed E-state index contributed by atoms with van der Waals surface area (Å²) in [5.74, 6) is 1.34. The van der Waals surface area contributed by atoms with E-state index in [9.17, 15) is 8.42 Å². The minimum Gasteiger partial charge on any atom is -0.441 e. The van der Waals surface area contributed by atoms with E-state index in [1.54, 1.807) is 0 Å². The second-order valence-corrected chi connectivity index (χ2v) is 6.16. The van der Waals surface area contributed by atoms with Gasteiger partial charge in [0, 0.05) is 5.56 Å². The maximum absolute atomic E-state index is 10.8. The van der Waals surface area contributed by atoms with Gasteiger partial charge in [0.15, 0.2) is 0 Å². The molecule has 0 radical (unpaired) electrons. The average molecular weight is 311 g/mol. The van der Waals surface area contributed by atoms with Gasteiger partial charge in [0.25, 0.3) is 10.1 Å². The molecule has 0 aliphatic carbocycles. The molecule has 5 nitrogen and oxygen atoms in total. The first kappa shape index (κ1) is 17.4. The van der Waals surface area contributed by atoms with Crippen molar-refractivity contribution in [3.05, 3.63) is 41.8 Å². The van der Waals surface area contributed by atoms with Gasteiger partial charge in [0.2, 0.25) is 5.89 Å². The second-order valence-electron chi connectivity index (χ2n) is 4.52. The van der Waals surface area contributed by atoms with Crippen LogP contribution in [0.15, 0.2) is 34.7 Å². The Balaban J connectivity index is 0.00000220. The molecule has 1 aromatic heterocycles. The molecule has 1 heterocycles. The molecule has 0 N–H and O–H groups in total. The highest BCUT2D eigenvalue weighted by Gasteiger charge is 2.11. The van der Waals surface area contributed by atoms with E-state index in [2.05, 4.69) is 4.98 Å². The van der Waals surface area contributed by atoms with E-state index < -0.39 is 10.1 Å². The average Bonchev–Trinajstić information content (AvgIpc) is 2.76. The van der Waals surface area contributed by atoms with Crippen molar-refractivity contribution >= 4 is 10.1 Å². The molecule has 0 spiro atoms. The number of rotatable bonds is 6. The van der Waals surface area contributed by atoms with Crippen LogP contribution in [0.4, 0.5) is 0 Å². The van der Waals surface area contributed by atoms with E-state index in [0.29, 0.717) is 18.7 Å². The summed E-state index contributed by atoms with van der Waals surface area (Å²) in [5.41, 5.74) is 1.76. The van der Waals surface area contributed by atoms with E-state index in [-0.39, 0.29) is 14.0 Å². The maximum Gasteiger partial charge on any atom is 0.264 e. The first-order valence-corrected chi connectivity index (χ1v) is 8.13. The molecular formula is C15H21NO4S. The molecule has 0 bridgehead atoms. The molecule has 6 heteroatoms.